The van der Waals surface area contributed by atoms with Crippen molar-refractivity contribution in [2.75, 3.05) is 13.2 Å². The smallest absolute Gasteiger partial charge is 0.261 e. The number of nitrogens with one attached hydrogen (secondary N) is 1. The second-order valence-electron chi connectivity index (χ2n) is 6.99. The molecule has 3 rings (SSSR count). The minimum Gasteiger partial charge on any atom is -0.374 e. The summed E-state index contributed by atoms with van der Waals surface area (Å²) in [6, 6.07) is 17.3. The number of carbonyl (C=O) groups is 1. The van der Waals surface area contributed by atoms with Gasteiger partial charge in [-0.2, -0.15) is 0 Å². The van der Waals surface area contributed by atoms with Crippen LogP contribution in [-0.2, 0) is 16.1 Å². The highest BCUT2D eigenvalue weighted by Gasteiger charge is 2.06. The van der Waals surface area contributed by atoms with Gasteiger partial charge in [0.2, 0.25) is 5.91 Å². The molecule has 0 aliphatic rings. The minimum absolute atomic E-state index is 0.0112. The summed E-state index contributed by atoms with van der Waals surface area (Å²) in [7, 11) is 0. The lowest BCUT2D eigenvalue weighted by molar-refractivity contribution is -0.121. The van der Waals surface area contributed by atoms with E-state index in [1.165, 1.54) is 0 Å². The van der Waals surface area contributed by atoms with E-state index < -0.39 is 0 Å². The molecule has 0 saturated heterocycles. The molecule has 6 nitrogen and oxygen atoms in total. The van der Waals surface area contributed by atoms with E-state index in [1.54, 1.807) is 17.0 Å². The lowest BCUT2D eigenvalue weighted by atomic mass is 10.1. The van der Waals surface area contributed by atoms with Crippen LogP contribution in [0.25, 0.3) is 10.9 Å². The van der Waals surface area contributed by atoms with E-state index in [1.807, 2.05) is 55.5 Å². The predicted molar refractivity (Wildman–Crippen MR) is 114 cm³/mol. The summed E-state index contributed by atoms with van der Waals surface area (Å²) in [5, 5.41) is 3.51. The van der Waals surface area contributed by atoms with E-state index in [0.717, 1.165) is 12.0 Å². The maximum absolute atomic E-state index is 12.4. The number of aryl methyl sites for hydroxylation is 1. The molecule has 152 valence electrons. The monoisotopic (exact) mass is 393 g/mol. The third-order valence-electron chi connectivity index (χ3n) is 4.81. The summed E-state index contributed by atoms with van der Waals surface area (Å²) in [5.74, 6) is -0.0112. The maximum atomic E-state index is 12.4. The Morgan fingerprint density at radius 1 is 1.10 bits per heavy atom. The molecule has 0 saturated carbocycles. The number of aromatic nitrogens is 2. The molecule has 29 heavy (non-hydrogen) atoms. The first-order chi connectivity index (χ1) is 14.1. The molecule has 1 N–H and O–H groups in total. The van der Waals surface area contributed by atoms with Crippen LogP contribution in [0.2, 0.25) is 0 Å². The number of amides is 1. The second kappa shape index (κ2) is 10.5. The molecular formula is C23H27N3O3. The fraction of sp³-hybridized carbons (Fsp3) is 0.348. The van der Waals surface area contributed by atoms with Crippen molar-refractivity contribution in [2.24, 2.45) is 0 Å². The maximum Gasteiger partial charge on any atom is 0.261 e. The lowest BCUT2D eigenvalue weighted by Gasteiger charge is -2.13. The van der Waals surface area contributed by atoms with Crippen molar-refractivity contribution in [2.45, 2.75) is 38.8 Å². The van der Waals surface area contributed by atoms with Gasteiger partial charge in [-0.15, -0.1) is 0 Å². The molecule has 1 atom stereocenters. The van der Waals surface area contributed by atoms with Crippen LogP contribution in [-0.4, -0.2) is 28.6 Å². The van der Waals surface area contributed by atoms with Gasteiger partial charge in [-0.1, -0.05) is 42.5 Å². The zero-order chi connectivity index (χ0) is 20.5. The standard InChI is InChI=1S/C23H27N3O3/c1-18(19-9-3-2-4-10-19)29-16-8-14-24-22(27)13-7-15-26-17-25-21-12-6-5-11-20(21)23(26)28/h2-6,9-12,17-18H,7-8,13-16H2,1H3,(H,24,27). The van der Waals surface area contributed by atoms with Gasteiger partial charge in [0.25, 0.3) is 5.56 Å². The number of ether oxygens (including phenoxy) is 1. The van der Waals surface area contributed by atoms with Crippen molar-refractivity contribution in [1.29, 1.82) is 0 Å². The Morgan fingerprint density at radius 2 is 1.86 bits per heavy atom. The molecule has 2 aromatic carbocycles. The number of benzene rings is 2. The first-order valence-electron chi connectivity index (χ1n) is 10.0. The number of hydrogen-bond acceptors (Lipinski definition) is 4. The van der Waals surface area contributed by atoms with Crippen LogP contribution in [0.1, 0.15) is 37.9 Å². The SMILES string of the molecule is CC(OCCCNC(=O)CCCn1cnc2ccccc2c1=O)c1ccccc1. The molecule has 6 heteroatoms. The zero-order valence-electron chi connectivity index (χ0n) is 16.7. The Bertz CT molecular complexity index is 985. The number of carbonyl (C=O) groups excluding carboxylic acids is 1. The summed E-state index contributed by atoms with van der Waals surface area (Å²) in [6.07, 6.45) is 3.32. The van der Waals surface area contributed by atoms with E-state index in [-0.39, 0.29) is 17.6 Å². The van der Waals surface area contributed by atoms with Crippen molar-refractivity contribution < 1.29 is 9.53 Å². The van der Waals surface area contributed by atoms with Gasteiger partial charge >= 0.3 is 0 Å². The average molecular weight is 393 g/mol. The van der Waals surface area contributed by atoms with Gasteiger partial charge in [0.15, 0.2) is 0 Å². The highest BCUT2D eigenvalue weighted by Crippen LogP contribution is 2.15. The highest BCUT2D eigenvalue weighted by molar-refractivity contribution is 5.77. The van der Waals surface area contributed by atoms with Crippen LogP contribution in [0.4, 0.5) is 0 Å². The lowest BCUT2D eigenvalue weighted by Crippen LogP contribution is -2.26. The van der Waals surface area contributed by atoms with Gasteiger partial charge in [-0.05, 0) is 37.5 Å². The zero-order valence-corrected chi connectivity index (χ0v) is 16.7. The molecule has 1 aromatic heterocycles. The van der Waals surface area contributed by atoms with Crippen LogP contribution in [0.3, 0.4) is 0 Å². The molecule has 0 spiro atoms. The van der Waals surface area contributed by atoms with Crippen LogP contribution in [0.15, 0.2) is 65.7 Å². The summed E-state index contributed by atoms with van der Waals surface area (Å²) in [6.45, 7) is 3.67. The normalized spacial score (nSPS) is 12.0. The van der Waals surface area contributed by atoms with Crippen LogP contribution in [0, 0.1) is 0 Å². The fourth-order valence-corrected chi connectivity index (χ4v) is 3.14. The van der Waals surface area contributed by atoms with Crippen molar-refractivity contribution in [1.82, 2.24) is 14.9 Å². The molecule has 0 fully saturated rings. The van der Waals surface area contributed by atoms with E-state index >= 15 is 0 Å². The van der Waals surface area contributed by atoms with Crippen molar-refractivity contribution in [3.05, 3.63) is 76.8 Å². The van der Waals surface area contributed by atoms with Gasteiger partial charge in [-0.25, -0.2) is 4.98 Å². The van der Waals surface area contributed by atoms with Crippen LogP contribution >= 0.6 is 0 Å². The van der Waals surface area contributed by atoms with Gasteiger partial charge in [0.05, 0.1) is 23.3 Å². The molecular weight excluding hydrogens is 366 g/mol. The van der Waals surface area contributed by atoms with Gasteiger partial charge in [0, 0.05) is 26.1 Å². The molecule has 0 aliphatic heterocycles. The van der Waals surface area contributed by atoms with E-state index in [2.05, 4.69) is 10.3 Å². The Balaban J connectivity index is 1.32. The number of nitrogens with zero attached hydrogens (tertiary/aromatic N) is 2. The summed E-state index contributed by atoms with van der Waals surface area (Å²) in [5.41, 5.74) is 1.77. The summed E-state index contributed by atoms with van der Waals surface area (Å²) in [4.78, 5) is 28.7. The predicted octanol–water partition coefficient (Wildman–Crippen LogP) is 3.46. The van der Waals surface area contributed by atoms with Crippen LogP contribution in [0.5, 0.6) is 0 Å². The minimum atomic E-state index is -0.0688. The van der Waals surface area contributed by atoms with E-state index in [9.17, 15) is 9.59 Å². The van der Waals surface area contributed by atoms with Crippen LogP contribution < -0.4 is 10.9 Å². The van der Waals surface area contributed by atoms with E-state index in [4.69, 9.17) is 4.74 Å². The van der Waals surface area contributed by atoms with E-state index in [0.29, 0.717) is 43.4 Å². The molecule has 0 bridgehead atoms. The van der Waals surface area contributed by atoms with Crippen molar-refractivity contribution in [3.8, 4) is 0 Å². The van der Waals surface area contributed by atoms with Gasteiger partial charge < -0.3 is 10.1 Å². The van der Waals surface area contributed by atoms with Crippen molar-refractivity contribution in [3.63, 3.8) is 0 Å². The number of rotatable bonds is 10. The molecule has 0 radical (unpaired) electrons. The van der Waals surface area contributed by atoms with Gasteiger partial charge in [-0.3, -0.25) is 14.2 Å². The average Bonchev–Trinajstić information content (AvgIpc) is 2.76. The Kier molecular flexibility index (Phi) is 7.53. The Labute approximate surface area is 170 Å². The topological polar surface area (TPSA) is 73.2 Å². The first kappa shape index (κ1) is 20.7. The van der Waals surface area contributed by atoms with Crippen molar-refractivity contribution >= 4 is 16.8 Å². The Morgan fingerprint density at radius 3 is 2.69 bits per heavy atom. The Hall–Kier alpha value is -2.99. The first-order valence-corrected chi connectivity index (χ1v) is 10.0. The largest absolute Gasteiger partial charge is 0.374 e. The second-order valence-corrected chi connectivity index (χ2v) is 6.99. The fourth-order valence-electron chi connectivity index (χ4n) is 3.14. The third kappa shape index (κ3) is 5.99. The molecule has 1 amide bonds. The number of fused-ring (bicyclic) bond motifs is 1. The number of para-hydroxylation sites is 1. The third-order valence-corrected chi connectivity index (χ3v) is 4.81. The molecule has 1 unspecified atom stereocenters. The molecule has 0 aliphatic carbocycles. The summed E-state index contributed by atoms with van der Waals surface area (Å²) < 4.78 is 7.36. The van der Waals surface area contributed by atoms with Gasteiger partial charge in [0.1, 0.15) is 0 Å². The number of hydrogen-bond donors (Lipinski definition) is 1. The highest BCUT2D eigenvalue weighted by atomic mass is 16.5. The molecule has 1 heterocycles. The summed E-state index contributed by atoms with van der Waals surface area (Å²) >= 11 is 0. The quantitative estimate of drug-likeness (QED) is 0.536. The molecule has 3 aromatic rings.